The van der Waals surface area contributed by atoms with Crippen molar-refractivity contribution in [2.24, 2.45) is 5.14 Å². The van der Waals surface area contributed by atoms with Gasteiger partial charge in [0, 0.05) is 32.0 Å². The predicted octanol–water partition coefficient (Wildman–Crippen LogP) is -0.114. The van der Waals surface area contributed by atoms with Crippen LogP contribution >= 0.6 is 0 Å². The largest absolute Gasteiger partial charge is 0.354 e. The fraction of sp³-hybridized carbons (Fsp3) is 0.556. The summed E-state index contributed by atoms with van der Waals surface area (Å²) in [6.07, 6.45) is 4.03. The average molecular weight is 231 g/mol. The summed E-state index contributed by atoms with van der Waals surface area (Å²) in [6, 6.07) is 2.01. The molecule has 0 bridgehead atoms. The van der Waals surface area contributed by atoms with Crippen LogP contribution in [0, 0.1) is 0 Å². The highest BCUT2D eigenvalue weighted by Gasteiger charge is 2.01. The van der Waals surface area contributed by atoms with E-state index in [0.717, 1.165) is 12.1 Å². The fourth-order valence-electron chi connectivity index (χ4n) is 1.24. The molecule has 0 aliphatic heterocycles. The van der Waals surface area contributed by atoms with E-state index in [2.05, 4.69) is 16.8 Å². The van der Waals surface area contributed by atoms with Crippen molar-refractivity contribution in [3.8, 4) is 0 Å². The number of nitrogens with one attached hydrogen (secondary N) is 1. The highest BCUT2D eigenvalue weighted by Crippen LogP contribution is 2.00. The Labute approximate surface area is 90.3 Å². The van der Waals surface area contributed by atoms with E-state index in [-0.39, 0.29) is 5.75 Å². The van der Waals surface area contributed by atoms with Crippen molar-refractivity contribution >= 4 is 10.0 Å². The topological polar surface area (TPSA) is 77.1 Å². The maximum atomic E-state index is 10.6. The normalized spacial score (nSPS) is 11.9. The van der Waals surface area contributed by atoms with Gasteiger partial charge >= 0.3 is 0 Å². The molecule has 0 unspecified atom stereocenters. The van der Waals surface area contributed by atoms with Crippen molar-refractivity contribution in [3.63, 3.8) is 0 Å². The van der Waals surface area contributed by atoms with Crippen LogP contribution in [0.2, 0.25) is 0 Å². The van der Waals surface area contributed by atoms with Crippen LogP contribution in [0.1, 0.15) is 12.5 Å². The van der Waals surface area contributed by atoms with Gasteiger partial charge in [-0.05, 0) is 18.6 Å². The Kier molecular flexibility index (Phi) is 4.31. The zero-order chi connectivity index (χ0) is 11.3. The summed E-state index contributed by atoms with van der Waals surface area (Å²) in [4.78, 5) is 0. The number of nitrogens with zero attached hydrogens (tertiary/aromatic N) is 1. The molecule has 0 aliphatic carbocycles. The molecule has 0 saturated heterocycles. The zero-order valence-corrected chi connectivity index (χ0v) is 9.63. The van der Waals surface area contributed by atoms with E-state index in [1.807, 2.05) is 18.5 Å². The van der Waals surface area contributed by atoms with Crippen LogP contribution in [0.3, 0.4) is 0 Å². The third-order valence-electron chi connectivity index (χ3n) is 2.07. The van der Waals surface area contributed by atoms with Crippen LogP contribution < -0.4 is 10.5 Å². The molecule has 0 radical (unpaired) electrons. The van der Waals surface area contributed by atoms with Gasteiger partial charge in [-0.2, -0.15) is 0 Å². The first-order valence-electron chi connectivity index (χ1n) is 4.87. The lowest BCUT2D eigenvalue weighted by Crippen LogP contribution is -2.26. The molecule has 1 aromatic heterocycles. The molecule has 1 aromatic rings. The van der Waals surface area contributed by atoms with E-state index in [4.69, 9.17) is 5.14 Å². The molecular weight excluding hydrogens is 214 g/mol. The van der Waals surface area contributed by atoms with Crippen molar-refractivity contribution in [2.75, 3.05) is 12.3 Å². The summed E-state index contributed by atoms with van der Waals surface area (Å²) in [5.41, 5.74) is 1.14. The molecular formula is C9H17N3O2S. The maximum absolute atomic E-state index is 10.6. The first-order valence-corrected chi connectivity index (χ1v) is 6.58. The second-order valence-electron chi connectivity index (χ2n) is 3.39. The molecule has 1 rings (SSSR count). The van der Waals surface area contributed by atoms with Gasteiger partial charge in [0.25, 0.3) is 0 Å². The molecule has 0 fully saturated rings. The van der Waals surface area contributed by atoms with Crippen LogP contribution in [0.15, 0.2) is 18.5 Å². The molecule has 0 spiro atoms. The lowest BCUT2D eigenvalue weighted by molar-refractivity contribution is 0.592. The minimum absolute atomic E-state index is 0.0263. The molecule has 0 atom stereocenters. The Morgan fingerprint density at radius 1 is 1.53 bits per heavy atom. The molecule has 1 heterocycles. The molecule has 86 valence electrons. The summed E-state index contributed by atoms with van der Waals surface area (Å²) in [7, 11) is -3.35. The standard InChI is InChI=1S/C9H17N3O2S/c1-2-12-5-3-9(8-12)7-11-4-6-15(10,13)14/h3,5,8,11H,2,4,6-7H2,1H3,(H2,10,13,14). The summed E-state index contributed by atoms with van der Waals surface area (Å²) in [5, 5.41) is 7.89. The van der Waals surface area contributed by atoms with Gasteiger partial charge in [0.05, 0.1) is 5.75 Å². The van der Waals surface area contributed by atoms with E-state index >= 15 is 0 Å². The Hall–Kier alpha value is -0.850. The fourth-order valence-corrected chi connectivity index (χ4v) is 1.67. The molecule has 0 saturated carbocycles. The Morgan fingerprint density at radius 2 is 2.27 bits per heavy atom. The number of primary sulfonamides is 1. The first kappa shape index (κ1) is 12.2. The third kappa shape index (κ3) is 4.96. The summed E-state index contributed by atoms with van der Waals surface area (Å²) < 4.78 is 23.3. The maximum Gasteiger partial charge on any atom is 0.210 e. The molecule has 0 amide bonds. The second kappa shape index (κ2) is 5.29. The highest BCUT2D eigenvalue weighted by atomic mass is 32.2. The number of hydrogen-bond acceptors (Lipinski definition) is 3. The van der Waals surface area contributed by atoms with Crippen molar-refractivity contribution in [1.82, 2.24) is 9.88 Å². The van der Waals surface area contributed by atoms with E-state index in [0.29, 0.717) is 13.1 Å². The van der Waals surface area contributed by atoms with Crippen molar-refractivity contribution in [1.29, 1.82) is 0 Å². The summed E-state index contributed by atoms with van der Waals surface area (Å²) >= 11 is 0. The average Bonchev–Trinajstić information content (AvgIpc) is 2.59. The van der Waals surface area contributed by atoms with Gasteiger partial charge in [-0.15, -0.1) is 0 Å². The Bertz CT molecular complexity index is 397. The van der Waals surface area contributed by atoms with Gasteiger partial charge in [0.15, 0.2) is 0 Å². The van der Waals surface area contributed by atoms with E-state index in [1.54, 1.807) is 0 Å². The summed E-state index contributed by atoms with van der Waals surface area (Å²) in [6.45, 7) is 4.06. The molecule has 15 heavy (non-hydrogen) atoms. The van der Waals surface area contributed by atoms with Crippen molar-refractivity contribution in [3.05, 3.63) is 24.0 Å². The molecule has 5 nitrogen and oxygen atoms in total. The second-order valence-corrected chi connectivity index (χ2v) is 5.13. The molecule has 0 aliphatic rings. The number of nitrogens with two attached hydrogens (primary N) is 1. The van der Waals surface area contributed by atoms with Crippen LogP contribution in [0.25, 0.3) is 0 Å². The third-order valence-corrected chi connectivity index (χ3v) is 2.84. The highest BCUT2D eigenvalue weighted by molar-refractivity contribution is 7.89. The quantitative estimate of drug-likeness (QED) is 0.670. The van der Waals surface area contributed by atoms with Crippen LogP contribution in [0.5, 0.6) is 0 Å². The van der Waals surface area contributed by atoms with Crippen LogP contribution in [0.4, 0.5) is 0 Å². The molecule has 0 aromatic carbocycles. The van der Waals surface area contributed by atoms with Crippen LogP contribution in [-0.4, -0.2) is 25.3 Å². The van der Waals surface area contributed by atoms with E-state index < -0.39 is 10.0 Å². The Balaban J connectivity index is 2.26. The zero-order valence-electron chi connectivity index (χ0n) is 8.81. The molecule has 3 N–H and O–H groups in total. The summed E-state index contributed by atoms with van der Waals surface area (Å²) in [5.74, 6) is -0.0263. The van der Waals surface area contributed by atoms with Gasteiger partial charge in [-0.1, -0.05) is 0 Å². The van der Waals surface area contributed by atoms with Gasteiger partial charge in [-0.3, -0.25) is 0 Å². The number of sulfonamides is 1. The van der Waals surface area contributed by atoms with Crippen molar-refractivity contribution < 1.29 is 8.42 Å². The van der Waals surface area contributed by atoms with Gasteiger partial charge in [0.1, 0.15) is 0 Å². The van der Waals surface area contributed by atoms with E-state index in [9.17, 15) is 8.42 Å². The Morgan fingerprint density at radius 3 is 2.80 bits per heavy atom. The number of aryl methyl sites for hydroxylation is 1. The number of hydrogen-bond donors (Lipinski definition) is 2. The monoisotopic (exact) mass is 231 g/mol. The van der Waals surface area contributed by atoms with Crippen molar-refractivity contribution in [2.45, 2.75) is 20.0 Å². The lowest BCUT2D eigenvalue weighted by atomic mass is 10.3. The van der Waals surface area contributed by atoms with Gasteiger partial charge in [-0.25, -0.2) is 13.6 Å². The number of rotatable bonds is 6. The number of aromatic nitrogens is 1. The SMILES string of the molecule is CCn1ccc(CNCCS(N)(=O)=O)c1. The smallest absolute Gasteiger partial charge is 0.210 e. The minimum atomic E-state index is -3.35. The molecule has 6 heteroatoms. The van der Waals surface area contributed by atoms with Gasteiger partial charge in [0.2, 0.25) is 10.0 Å². The lowest BCUT2D eigenvalue weighted by Gasteiger charge is -2.01. The first-order chi connectivity index (χ1) is 7.01. The van der Waals surface area contributed by atoms with E-state index in [1.165, 1.54) is 0 Å². The predicted molar refractivity (Wildman–Crippen MR) is 59.8 cm³/mol. The van der Waals surface area contributed by atoms with Crippen LogP contribution in [-0.2, 0) is 23.1 Å². The van der Waals surface area contributed by atoms with Gasteiger partial charge < -0.3 is 9.88 Å². The minimum Gasteiger partial charge on any atom is -0.354 e.